The lowest BCUT2D eigenvalue weighted by molar-refractivity contribution is 0.0773. The molecule has 2 aromatic rings. The summed E-state index contributed by atoms with van der Waals surface area (Å²) in [6, 6.07) is 16.6. The molecule has 0 N–H and O–H groups in total. The van der Waals surface area contributed by atoms with Crippen LogP contribution in [0, 0.1) is 5.92 Å². The third-order valence-corrected chi connectivity index (χ3v) is 6.56. The Balaban J connectivity index is 1.86. The molecule has 0 saturated heterocycles. The molecule has 0 heterocycles. The van der Waals surface area contributed by atoms with Crippen molar-refractivity contribution in [2.45, 2.75) is 39.0 Å². The molecule has 4 nitrogen and oxygen atoms in total. The van der Waals surface area contributed by atoms with Gasteiger partial charge >= 0.3 is 0 Å². The number of nitrogens with zero attached hydrogens (tertiary/aromatic N) is 2. The zero-order chi connectivity index (χ0) is 23.1. The van der Waals surface area contributed by atoms with Crippen LogP contribution in [0.2, 0.25) is 0 Å². The monoisotopic (exact) mass is 434 g/mol. The van der Waals surface area contributed by atoms with Crippen LogP contribution in [-0.4, -0.2) is 56.5 Å². The maximum absolute atomic E-state index is 12.8. The molecule has 1 fully saturated rings. The number of amides is 1. The fourth-order valence-corrected chi connectivity index (χ4v) is 4.89. The number of ether oxygens (including phenoxy) is 1. The predicted molar refractivity (Wildman–Crippen MR) is 133 cm³/mol. The summed E-state index contributed by atoms with van der Waals surface area (Å²) in [7, 11) is 6.05. The van der Waals surface area contributed by atoms with Crippen molar-refractivity contribution in [1.82, 2.24) is 9.80 Å². The Morgan fingerprint density at radius 1 is 1.09 bits per heavy atom. The van der Waals surface area contributed by atoms with Crippen molar-refractivity contribution in [2.75, 3.05) is 40.8 Å². The van der Waals surface area contributed by atoms with E-state index in [0.29, 0.717) is 11.8 Å². The van der Waals surface area contributed by atoms with Crippen LogP contribution in [0.25, 0.3) is 6.08 Å². The normalized spacial score (nSPS) is 19.9. The number of carbonyl (C=O) groups excluding carboxylic acids is 1. The predicted octanol–water partition coefficient (Wildman–Crippen LogP) is 5.71. The van der Waals surface area contributed by atoms with Crippen molar-refractivity contribution >= 4 is 12.0 Å². The molecule has 0 bridgehead atoms. The van der Waals surface area contributed by atoms with E-state index >= 15 is 0 Å². The van der Waals surface area contributed by atoms with Crippen LogP contribution in [0.5, 0.6) is 5.75 Å². The largest absolute Gasteiger partial charge is 0.497 e. The quantitative estimate of drug-likeness (QED) is 0.534. The number of allylic oxidation sites excluding steroid dienone is 1. The van der Waals surface area contributed by atoms with Crippen LogP contribution < -0.4 is 4.74 Å². The van der Waals surface area contributed by atoms with E-state index in [1.165, 1.54) is 17.6 Å². The minimum Gasteiger partial charge on any atom is -0.497 e. The first-order chi connectivity index (χ1) is 15.4. The molecular formula is C28H38N2O2. The van der Waals surface area contributed by atoms with Crippen LogP contribution in [0.3, 0.4) is 0 Å². The lowest BCUT2D eigenvalue weighted by atomic mass is 9.73. The summed E-state index contributed by atoms with van der Waals surface area (Å²) in [6.45, 7) is 6.60. The maximum atomic E-state index is 12.8. The van der Waals surface area contributed by atoms with E-state index in [-0.39, 0.29) is 5.91 Å². The second kappa shape index (κ2) is 11.3. The number of hydrogen-bond donors (Lipinski definition) is 0. The summed E-state index contributed by atoms with van der Waals surface area (Å²) in [5.41, 5.74) is 4.70. The van der Waals surface area contributed by atoms with Gasteiger partial charge in [-0.05, 0) is 94.4 Å². The first-order valence-electron chi connectivity index (χ1n) is 11.8. The molecule has 0 aromatic heterocycles. The van der Waals surface area contributed by atoms with E-state index in [4.69, 9.17) is 4.74 Å². The number of carbonyl (C=O) groups is 1. The van der Waals surface area contributed by atoms with E-state index in [9.17, 15) is 4.79 Å². The molecule has 0 unspecified atom stereocenters. The smallest absolute Gasteiger partial charge is 0.253 e. The second-order valence-corrected chi connectivity index (χ2v) is 9.05. The van der Waals surface area contributed by atoms with Crippen molar-refractivity contribution in [3.05, 3.63) is 70.8 Å². The molecule has 1 amide bonds. The number of hydrogen-bond acceptors (Lipinski definition) is 3. The first-order valence-corrected chi connectivity index (χ1v) is 11.8. The van der Waals surface area contributed by atoms with E-state index in [1.54, 1.807) is 7.11 Å². The molecular weight excluding hydrogens is 396 g/mol. The first kappa shape index (κ1) is 24.1. The molecule has 1 aliphatic carbocycles. The van der Waals surface area contributed by atoms with Gasteiger partial charge in [-0.2, -0.15) is 0 Å². The minimum absolute atomic E-state index is 0.110. The molecule has 0 aliphatic heterocycles. The zero-order valence-corrected chi connectivity index (χ0v) is 20.3. The highest BCUT2D eigenvalue weighted by molar-refractivity contribution is 5.94. The van der Waals surface area contributed by atoms with E-state index in [1.807, 2.05) is 43.0 Å². The van der Waals surface area contributed by atoms with Gasteiger partial charge in [0.25, 0.3) is 5.91 Å². The second-order valence-electron chi connectivity index (χ2n) is 9.05. The number of benzene rings is 2. The lowest BCUT2D eigenvalue weighted by Crippen LogP contribution is -2.30. The summed E-state index contributed by atoms with van der Waals surface area (Å²) in [6.07, 6.45) is 5.62. The highest BCUT2D eigenvalue weighted by Crippen LogP contribution is 2.42. The molecule has 172 valence electrons. The Kier molecular flexibility index (Phi) is 8.52. The third kappa shape index (κ3) is 6.01. The van der Waals surface area contributed by atoms with Crippen molar-refractivity contribution in [3.63, 3.8) is 0 Å². The van der Waals surface area contributed by atoms with Gasteiger partial charge in [0, 0.05) is 25.2 Å². The Labute approximate surface area is 193 Å². The Hall–Kier alpha value is -2.59. The third-order valence-electron chi connectivity index (χ3n) is 6.56. The van der Waals surface area contributed by atoms with Crippen molar-refractivity contribution in [3.8, 4) is 5.75 Å². The fourth-order valence-electron chi connectivity index (χ4n) is 4.89. The van der Waals surface area contributed by atoms with Crippen LogP contribution in [0.4, 0.5) is 0 Å². The molecule has 4 heteroatoms. The van der Waals surface area contributed by atoms with Crippen LogP contribution in [0.15, 0.2) is 54.1 Å². The van der Waals surface area contributed by atoms with Gasteiger partial charge < -0.3 is 14.5 Å². The van der Waals surface area contributed by atoms with Crippen LogP contribution >= 0.6 is 0 Å². The summed E-state index contributed by atoms with van der Waals surface area (Å²) in [5, 5.41) is 0. The molecule has 2 aromatic carbocycles. The van der Waals surface area contributed by atoms with Gasteiger partial charge in [0.15, 0.2) is 0 Å². The van der Waals surface area contributed by atoms with Gasteiger partial charge in [-0.25, -0.2) is 0 Å². The fraction of sp³-hybridized carbons (Fsp3) is 0.464. The topological polar surface area (TPSA) is 32.8 Å². The van der Waals surface area contributed by atoms with Crippen LogP contribution in [-0.2, 0) is 0 Å². The van der Waals surface area contributed by atoms with Gasteiger partial charge in [-0.3, -0.25) is 4.79 Å². The van der Waals surface area contributed by atoms with Gasteiger partial charge in [-0.15, -0.1) is 0 Å². The highest BCUT2D eigenvalue weighted by Gasteiger charge is 2.29. The molecule has 32 heavy (non-hydrogen) atoms. The zero-order valence-electron chi connectivity index (χ0n) is 20.3. The highest BCUT2D eigenvalue weighted by atomic mass is 16.5. The van der Waals surface area contributed by atoms with E-state index in [2.05, 4.69) is 49.3 Å². The van der Waals surface area contributed by atoms with Gasteiger partial charge in [-0.1, -0.05) is 35.9 Å². The lowest BCUT2D eigenvalue weighted by Gasteiger charge is -2.35. The summed E-state index contributed by atoms with van der Waals surface area (Å²) >= 11 is 0. The molecule has 0 radical (unpaired) electrons. The Morgan fingerprint density at radius 3 is 2.53 bits per heavy atom. The van der Waals surface area contributed by atoms with Gasteiger partial charge in [0.1, 0.15) is 5.75 Å². The molecule has 0 spiro atoms. The molecule has 3 rings (SSSR count). The van der Waals surface area contributed by atoms with E-state index < -0.39 is 0 Å². The van der Waals surface area contributed by atoms with E-state index in [0.717, 1.165) is 49.4 Å². The Bertz CT molecular complexity index is 931. The molecule has 1 aliphatic rings. The summed E-state index contributed by atoms with van der Waals surface area (Å²) < 4.78 is 5.50. The van der Waals surface area contributed by atoms with Gasteiger partial charge in [0.05, 0.1) is 7.11 Å². The average molecular weight is 435 g/mol. The standard InChI is InChI=1S/C28H38N2O2/c1-6-30(7-2)28(31)24-12-8-10-21(17-24)16-22-14-15-25(20-29(3)4)27(18-22)23-11-9-13-26(19-23)32-5/h8-13,16-17,19,25,27H,6-7,14-15,18,20H2,1-5H3/b22-16+/t25-,27+/m0/s1. The van der Waals surface area contributed by atoms with Crippen LogP contribution in [0.1, 0.15) is 60.5 Å². The number of rotatable bonds is 8. The summed E-state index contributed by atoms with van der Waals surface area (Å²) in [5.74, 6) is 2.11. The van der Waals surface area contributed by atoms with Crippen molar-refractivity contribution < 1.29 is 9.53 Å². The van der Waals surface area contributed by atoms with Gasteiger partial charge in [0.2, 0.25) is 0 Å². The maximum Gasteiger partial charge on any atom is 0.253 e. The Morgan fingerprint density at radius 2 is 1.84 bits per heavy atom. The summed E-state index contributed by atoms with van der Waals surface area (Å²) in [4.78, 5) is 17.0. The molecule has 2 atom stereocenters. The van der Waals surface area contributed by atoms with Crippen molar-refractivity contribution in [2.24, 2.45) is 5.92 Å². The molecule has 1 saturated carbocycles. The minimum atomic E-state index is 0.110. The average Bonchev–Trinajstić information content (AvgIpc) is 2.80. The SMILES string of the molecule is CCN(CC)C(=O)c1cccc(/C=C2\CC[C@@H](CN(C)C)[C@@H](c3cccc(OC)c3)C2)c1. The van der Waals surface area contributed by atoms with Crippen molar-refractivity contribution in [1.29, 1.82) is 0 Å². The number of methoxy groups -OCH3 is 1.